The van der Waals surface area contributed by atoms with E-state index in [1.807, 2.05) is 4.90 Å². The molecule has 4 N–H and O–H groups in total. The molecule has 1 atom stereocenters. The topological polar surface area (TPSA) is 105 Å². The first-order chi connectivity index (χ1) is 14.4. The van der Waals surface area contributed by atoms with Gasteiger partial charge in [0.05, 0.1) is 27.9 Å². The largest absolute Gasteiger partial charge is 0.416 e. The zero-order chi connectivity index (χ0) is 22.8. The molecular weight excluding hydrogens is 433 g/mol. The highest BCUT2D eigenvalue weighted by Gasteiger charge is 2.32. The van der Waals surface area contributed by atoms with E-state index in [4.69, 9.17) is 5.14 Å². The van der Waals surface area contributed by atoms with E-state index in [0.717, 1.165) is 25.0 Å². The molecule has 0 spiro atoms. The van der Waals surface area contributed by atoms with E-state index in [1.54, 1.807) is 6.92 Å². The maximum atomic E-state index is 13.2. The van der Waals surface area contributed by atoms with E-state index >= 15 is 0 Å². The fourth-order valence-electron chi connectivity index (χ4n) is 3.43. The molecule has 1 saturated heterocycles. The Balaban J connectivity index is 1.77. The van der Waals surface area contributed by atoms with Crippen molar-refractivity contribution in [3.8, 4) is 0 Å². The van der Waals surface area contributed by atoms with Gasteiger partial charge in [-0.25, -0.2) is 18.4 Å². The van der Waals surface area contributed by atoms with Crippen LogP contribution in [0, 0.1) is 0 Å². The van der Waals surface area contributed by atoms with Gasteiger partial charge in [0.25, 0.3) is 0 Å². The third-order valence-electron chi connectivity index (χ3n) is 5.08. The molecule has 0 radical (unpaired) electrons. The Labute approximate surface area is 178 Å². The summed E-state index contributed by atoms with van der Waals surface area (Å²) in [6.45, 7) is 3.07. The first kappa shape index (κ1) is 22.9. The highest BCUT2D eigenvalue weighted by Crippen LogP contribution is 2.36. The van der Waals surface area contributed by atoms with Crippen molar-refractivity contribution in [1.82, 2.24) is 5.32 Å². The highest BCUT2D eigenvalue weighted by atomic mass is 32.2. The van der Waals surface area contributed by atoms with Gasteiger partial charge in [0.2, 0.25) is 10.0 Å². The average molecular weight is 456 g/mol. The van der Waals surface area contributed by atoms with Crippen LogP contribution < -0.4 is 20.7 Å². The third-order valence-corrected chi connectivity index (χ3v) is 6.00. The maximum absolute atomic E-state index is 13.2. The zero-order valence-corrected chi connectivity index (χ0v) is 17.6. The van der Waals surface area contributed by atoms with Crippen LogP contribution in [-0.4, -0.2) is 27.5 Å². The van der Waals surface area contributed by atoms with Gasteiger partial charge in [0.1, 0.15) is 0 Å². The van der Waals surface area contributed by atoms with Crippen LogP contribution in [0.4, 0.5) is 29.3 Å². The Bertz CT molecular complexity index is 1050. The fraction of sp³-hybridized carbons (Fsp3) is 0.350. The van der Waals surface area contributed by atoms with E-state index in [2.05, 4.69) is 10.6 Å². The first-order valence-electron chi connectivity index (χ1n) is 9.61. The number of carbonyl (C=O) groups is 1. The Kier molecular flexibility index (Phi) is 6.46. The van der Waals surface area contributed by atoms with Crippen LogP contribution in [-0.2, 0) is 16.2 Å². The summed E-state index contributed by atoms with van der Waals surface area (Å²) in [7, 11) is -3.83. The molecule has 1 aliphatic rings. The molecule has 31 heavy (non-hydrogen) atoms. The summed E-state index contributed by atoms with van der Waals surface area (Å²) < 4.78 is 62.2. The number of alkyl halides is 3. The number of urea groups is 1. The van der Waals surface area contributed by atoms with Crippen LogP contribution in [0.3, 0.4) is 0 Å². The molecule has 2 aromatic carbocycles. The van der Waals surface area contributed by atoms with E-state index in [9.17, 15) is 26.4 Å². The van der Waals surface area contributed by atoms with E-state index in [1.165, 1.54) is 30.3 Å². The SMILES string of the molecule is CC(NC(=O)Nc1cc(C(F)(F)F)ccc1N1CCCC1)c1ccc(S(N)(=O)=O)cc1. The molecule has 3 rings (SSSR count). The molecular formula is C20H23F3N4O3S. The number of primary sulfonamides is 1. The third kappa shape index (κ3) is 5.67. The first-order valence-corrected chi connectivity index (χ1v) is 11.2. The van der Waals surface area contributed by atoms with Crippen molar-refractivity contribution >= 4 is 27.4 Å². The smallest absolute Gasteiger partial charge is 0.370 e. The molecule has 7 nitrogen and oxygen atoms in total. The zero-order valence-electron chi connectivity index (χ0n) is 16.7. The molecule has 0 aromatic heterocycles. The van der Waals surface area contributed by atoms with Crippen molar-refractivity contribution in [2.75, 3.05) is 23.3 Å². The van der Waals surface area contributed by atoms with Crippen LogP contribution >= 0.6 is 0 Å². The second kappa shape index (κ2) is 8.75. The van der Waals surface area contributed by atoms with Crippen LogP contribution in [0.15, 0.2) is 47.4 Å². The van der Waals surface area contributed by atoms with Crippen molar-refractivity contribution in [2.24, 2.45) is 5.14 Å². The number of nitrogens with two attached hydrogens (primary N) is 1. The predicted octanol–water partition coefficient (Wildman–Crippen LogP) is 3.84. The second-order valence-corrected chi connectivity index (χ2v) is 8.92. The highest BCUT2D eigenvalue weighted by molar-refractivity contribution is 7.89. The van der Waals surface area contributed by atoms with Gasteiger partial charge in [0, 0.05) is 13.1 Å². The lowest BCUT2D eigenvalue weighted by Gasteiger charge is -2.23. The molecule has 2 aromatic rings. The Morgan fingerprint density at radius 2 is 1.71 bits per heavy atom. The molecule has 1 unspecified atom stereocenters. The summed E-state index contributed by atoms with van der Waals surface area (Å²) in [5.74, 6) is 0. The maximum Gasteiger partial charge on any atom is 0.416 e. The minimum atomic E-state index is -4.53. The van der Waals surface area contributed by atoms with Crippen LogP contribution in [0.25, 0.3) is 0 Å². The summed E-state index contributed by atoms with van der Waals surface area (Å²) in [4.78, 5) is 14.4. The summed E-state index contributed by atoms with van der Waals surface area (Å²) in [6.07, 6.45) is -2.68. The number of nitrogens with zero attached hydrogens (tertiary/aromatic N) is 1. The van der Waals surface area contributed by atoms with Gasteiger partial charge in [-0.05, 0) is 55.7 Å². The number of hydrogen-bond donors (Lipinski definition) is 3. The standard InChI is InChI=1S/C20H23F3N4O3S/c1-13(14-4-7-16(8-5-14)31(24,29)30)25-19(28)26-17-12-15(20(21,22)23)6-9-18(17)27-10-2-3-11-27/h4-9,12-13H,2-3,10-11H2,1H3,(H2,24,29,30)(H2,25,26,28). The molecule has 2 amide bonds. The van der Waals surface area contributed by atoms with E-state index < -0.39 is 33.8 Å². The van der Waals surface area contributed by atoms with Gasteiger partial charge in [-0.2, -0.15) is 13.2 Å². The molecule has 11 heteroatoms. The van der Waals surface area contributed by atoms with Gasteiger partial charge < -0.3 is 15.5 Å². The minimum absolute atomic E-state index is 0.0628. The molecule has 168 valence electrons. The van der Waals surface area contributed by atoms with Crippen molar-refractivity contribution in [3.05, 3.63) is 53.6 Å². The number of rotatable bonds is 5. The number of nitrogens with one attached hydrogen (secondary N) is 2. The Morgan fingerprint density at radius 1 is 1.10 bits per heavy atom. The quantitative estimate of drug-likeness (QED) is 0.636. The van der Waals surface area contributed by atoms with Gasteiger partial charge in [-0.1, -0.05) is 12.1 Å². The lowest BCUT2D eigenvalue weighted by atomic mass is 10.1. The van der Waals surface area contributed by atoms with E-state index in [-0.39, 0.29) is 10.6 Å². The number of sulfonamides is 1. The van der Waals surface area contributed by atoms with Crippen molar-refractivity contribution < 1.29 is 26.4 Å². The number of amides is 2. The number of anilines is 2. The van der Waals surface area contributed by atoms with Gasteiger partial charge in [-0.15, -0.1) is 0 Å². The molecule has 1 fully saturated rings. The van der Waals surface area contributed by atoms with Crippen LogP contribution in [0.2, 0.25) is 0 Å². The van der Waals surface area contributed by atoms with Crippen LogP contribution in [0.5, 0.6) is 0 Å². The van der Waals surface area contributed by atoms with Gasteiger partial charge >= 0.3 is 12.2 Å². The summed E-state index contributed by atoms with van der Waals surface area (Å²) in [6, 6.07) is 7.75. The normalized spacial score (nSPS) is 15.6. The number of halogens is 3. The molecule has 1 aliphatic heterocycles. The average Bonchev–Trinajstić information content (AvgIpc) is 3.21. The monoisotopic (exact) mass is 456 g/mol. The predicted molar refractivity (Wildman–Crippen MR) is 111 cm³/mol. The summed E-state index contributed by atoms with van der Waals surface area (Å²) in [5, 5.41) is 10.2. The molecule has 0 saturated carbocycles. The number of benzene rings is 2. The molecule has 0 bridgehead atoms. The Morgan fingerprint density at radius 3 is 2.26 bits per heavy atom. The van der Waals surface area contributed by atoms with E-state index in [0.29, 0.717) is 24.3 Å². The summed E-state index contributed by atoms with van der Waals surface area (Å²) >= 11 is 0. The second-order valence-electron chi connectivity index (χ2n) is 7.36. The lowest BCUT2D eigenvalue weighted by molar-refractivity contribution is -0.137. The summed E-state index contributed by atoms with van der Waals surface area (Å²) in [5.41, 5.74) is 0.362. The Hall–Kier alpha value is -2.79. The van der Waals surface area contributed by atoms with Crippen molar-refractivity contribution in [1.29, 1.82) is 0 Å². The van der Waals surface area contributed by atoms with Crippen molar-refractivity contribution in [3.63, 3.8) is 0 Å². The minimum Gasteiger partial charge on any atom is -0.370 e. The van der Waals surface area contributed by atoms with Crippen LogP contribution in [0.1, 0.15) is 36.9 Å². The lowest BCUT2D eigenvalue weighted by Crippen LogP contribution is -2.32. The molecule has 0 aliphatic carbocycles. The van der Waals surface area contributed by atoms with Gasteiger partial charge in [-0.3, -0.25) is 0 Å². The molecule has 1 heterocycles. The number of hydrogen-bond acceptors (Lipinski definition) is 4. The number of carbonyl (C=O) groups excluding carboxylic acids is 1. The van der Waals surface area contributed by atoms with Crippen molar-refractivity contribution in [2.45, 2.75) is 36.9 Å². The fourth-order valence-corrected chi connectivity index (χ4v) is 3.95. The van der Waals surface area contributed by atoms with Gasteiger partial charge in [0.15, 0.2) is 0 Å².